The van der Waals surface area contributed by atoms with Crippen molar-refractivity contribution in [3.8, 4) is 0 Å². The van der Waals surface area contributed by atoms with Crippen LogP contribution >= 0.6 is 0 Å². The van der Waals surface area contributed by atoms with E-state index in [1.165, 1.54) is 45.2 Å². The van der Waals surface area contributed by atoms with Crippen LogP contribution in [0.2, 0.25) is 0 Å². The summed E-state index contributed by atoms with van der Waals surface area (Å²) in [6, 6.07) is 0. The summed E-state index contributed by atoms with van der Waals surface area (Å²) in [4.78, 5) is 2.64. The van der Waals surface area contributed by atoms with Crippen molar-refractivity contribution in [2.45, 2.75) is 51.5 Å². The number of likely N-dealkylation sites (tertiary alicyclic amines) is 1. The summed E-state index contributed by atoms with van der Waals surface area (Å²) in [6.45, 7) is 8.69. The molecule has 3 heteroatoms. The van der Waals surface area contributed by atoms with Gasteiger partial charge in [-0.25, -0.2) is 0 Å². The van der Waals surface area contributed by atoms with E-state index in [2.05, 4.69) is 18.7 Å². The lowest BCUT2D eigenvalue weighted by Gasteiger charge is -2.49. The summed E-state index contributed by atoms with van der Waals surface area (Å²) < 4.78 is 5.51. The molecule has 3 nitrogen and oxygen atoms in total. The molecule has 1 aliphatic carbocycles. The first kappa shape index (κ1) is 14.3. The van der Waals surface area contributed by atoms with E-state index >= 15 is 0 Å². The van der Waals surface area contributed by atoms with Gasteiger partial charge in [0.2, 0.25) is 0 Å². The van der Waals surface area contributed by atoms with Gasteiger partial charge < -0.3 is 10.5 Å². The fourth-order valence-corrected chi connectivity index (χ4v) is 3.54. The van der Waals surface area contributed by atoms with Gasteiger partial charge in [-0.1, -0.05) is 20.3 Å². The van der Waals surface area contributed by atoms with E-state index in [1.807, 2.05) is 7.11 Å². The van der Waals surface area contributed by atoms with Crippen molar-refractivity contribution in [3.63, 3.8) is 0 Å². The van der Waals surface area contributed by atoms with E-state index in [1.54, 1.807) is 0 Å². The minimum Gasteiger partial charge on any atom is -0.383 e. The molecule has 106 valence electrons. The Morgan fingerprint density at radius 3 is 2.33 bits per heavy atom. The van der Waals surface area contributed by atoms with Gasteiger partial charge in [-0.2, -0.15) is 0 Å². The molecule has 1 aliphatic heterocycles. The van der Waals surface area contributed by atoms with Gasteiger partial charge >= 0.3 is 0 Å². The highest BCUT2D eigenvalue weighted by atomic mass is 16.5. The summed E-state index contributed by atoms with van der Waals surface area (Å²) in [7, 11) is 1.81. The first-order chi connectivity index (χ1) is 8.60. The topological polar surface area (TPSA) is 38.5 Å². The summed E-state index contributed by atoms with van der Waals surface area (Å²) in [5, 5.41) is 0. The Morgan fingerprint density at radius 1 is 1.33 bits per heavy atom. The molecule has 1 heterocycles. The lowest BCUT2D eigenvalue weighted by molar-refractivity contribution is -0.0332. The molecule has 0 radical (unpaired) electrons. The fourth-order valence-electron chi connectivity index (χ4n) is 3.54. The van der Waals surface area contributed by atoms with Crippen molar-refractivity contribution < 1.29 is 4.74 Å². The van der Waals surface area contributed by atoms with Gasteiger partial charge in [-0.15, -0.1) is 0 Å². The van der Waals surface area contributed by atoms with Gasteiger partial charge in [0.1, 0.15) is 0 Å². The smallest absolute Gasteiger partial charge is 0.0661 e. The second kappa shape index (κ2) is 5.48. The molecule has 0 spiro atoms. The van der Waals surface area contributed by atoms with Crippen LogP contribution in [0.15, 0.2) is 0 Å². The lowest BCUT2D eigenvalue weighted by atomic mass is 9.76. The van der Waals surface area contributed by atoms with E-state index in [0.717, 1.165) is 19.1 Å². The number of ether oxygens (including phenoxy) is 1. The van der Waals surface area contributed by atoms with E-state index in [-0.39, 0.29) is 5.54 Å². The van der Waals surface area contributed by atoms with Crippen LogP contribution in [0, 0.1) is 11.3 Å². The van der Waals surface area contributed by atoms with Crippen molar-refractivity contribution >= 4 is 0 Å². The van der Waals surface area contributed by atoms with Crippen molar-refractivity contribution in [3.05, 3.63) is 0 Å². The number of methoxy groups -OCH3 is 1. The van der Waals surface area contributed by atoms with Crippen LogP contribution in [0.3, 0.4) is 0 Å². The maximum Gasteiger partial charge on any atom is 0.0661 e. The zero-order chi connectivity index (χ0) is 13.2. The highest BCUT2D eigenvalue weighted by Crippen LogP contribution is 2.45. The quantitative estimate of drug-likeness (QED) is 0.790. The van der Waals surface area contributed by atoms with Crippen LogP contribution in [0.25, 0.3) is 0 Å². The SMILES string of the molecule is CCC1(C)CCN(C(CN)(COC)C2CC2)CC1. The Balaban J connectivity index is 2.04. The number of piperidine rings is 1. The molecule has 2 rings (SSSR count). The summed E-state index contributed by atoms with van der Waals surface area (Å²) in [6.07, 6.45) is 6.58. The Labute approximate surface area is 112 Å². The molecule has 2 aliphatic rings. The van der Waals surface area contributed by atoms with E-state index < -0.39 is 0 Å². The molecule has 2 N–H and O–H groups in total. The molecule has 0 bridgehead atoms. The van der Waals surface area contributed by atoms with Crippen molar-refractivity contribution in [1.82, 2.24) is 4.90 Å². The molecule has 0 aromatic heterocycles. The summed E-state index contributed by atoms with van der Waals surface area (Å²) in [5.41, 5.74) is 6.82. The molecule has 0 aromatic carbocycles. The highest BCUT2D eigenvalue weighted by molar-refractivity contribution is 5.05. The van der Waals surface area contributed by atoms with Gasteiger partial charge in [0.15, 0.2) is 0 Å². The third-order valence-electron chi connectivity index (χ3n) is 5.54. The van der Waals surface area contributed by atoms with Crippen LogP contribution in [-0.4, -0.2) is 43.8 Å². The lowest BCUT2D eigenvalue weighted by Crippen LogP contribution is -2.61. The summed E-state index contributed by atoms with van der Waals surface area (Å²) in [5.74, 6) is 0.772. The van der Waals surface area contributed by atoms with E-state index in [4.69, 9.17) is 10.5 Å². The van der Waals surface area contributed by atoms with E-state index in [0.29, 0.717) is 5.41 Å². The van der Waals surface area contributed by atoms with Crippen LogP contribution < -0.4 is 5.73 Å². The second-order valence-corrected chi connectivity index (χ2v) is 6.67. The molecule has 1 atom stereocenters. The summed E-state index contributed by atoms with van der Waals surface area (Å²) >= 11 is 0. The largest absolute Gasteiger partial charge is 0.383 e. The molecule has 2 fully saturated rings. The number of nitrogens with two attached hydrogens (primary N) is 1. The zero-order valence-electron chi connectivity index (χ0n) is 12.4. The third-order valence-corrected chi connectivity index (χ3v) is 5.54. The monoisotopic (exact) mass is 254 g/mol. The first-order valence-corrected chi connectivity index (χ1v) is 7.54. The van der Waals surface area contributed by atoms with Gasteiger partial charge in [-0.3, -0.25) is 4.90 Å². The van der Waals surface area contributed by atoms with Crippen LogP contribution in [-0.2, 0) is 4.74 Å². The van der Waals surface area contributed by atoms with Gasteiger partial charge in [0.05, 0.1) is 12.1 Å². The number of hydrogen-bond acceptors (Lipinski definition) is 3. The molecular weight excluding hydrogens is 224 g/mol. The molecular formula is C15H30N2O. The van der Waals surface area contributed by atoms with Gasteiger partial charge in [0.25, 0.3) is 0 Å². The Kier molecular flexibility index (Phi) is 4.35. The number of nitrogens with zero attached hydrogens (tertiary/aromatic N) is 1. The average molecular weight is 254 g/mol. The van der Waals surface area contributed by atoms with Crippen LogP contribution in [0.1, 0.15) is 46.0 Å². The maximum atomic E-state index is 6.14. The number of rotatable bonds is 6. The molecule has 1 saturated carbocycles. The Bertz CT molecular complexity index is 270. The second-order valence-electron chi connectivity index (χ2n) is 6.67. The van der Waals surface area contributed by atoms with Crippen LogP contribution in [0.5, 0.6) is 0 Å². The minimum absolute atomic E-state index is 0.129. The van der Waals surface area contributed by atoms with Crippen molar-refractivity contribution in [2.24, 2.45) is 17.1 Å². The predicted octanol–water partition coefficient (Wildman–Crippen LogP) is 2.25. The Hall–Kier alpha value is -0.120. The molecule has 0 aromatic rings. The average Bonchev–Trinajstić information content (AvgIpc) is 3.22. The highest BCUT2D eigenvalue weighted by Gasteiger charge is 2.49. The van der Waals surface area contributed by atoms with Crippen molar-refractivity contribution in [1.29, 1.82) is 0 Å². The first-order valence-electron chi connectivity index (χ1n) is 7.54. The minimum atomic E-state index is 0.129. The molecule has 0 amide bonds. The normalized spacial score (nSPS) is 28.0. The van der Waals surface area contributed by atoms with E-state index in [9.17, 15) is 0 Å². The molecule has 18 heavy (non-hydrogen) atoms. The number of hydrogen-bond donors (Lipinski definition) is 1. The Morgan fingerprint density at radius 2 is 1.94 bits per heavy atom. The zero-order valence-corrected chi connectivity index (χ0v) is 12.4. The molecule has 1 unspecified atom stereocenters. The predicted molar refractivity (Wildman–Crippen MR) is 75.6 cm³/mol. The van der Waals surface area contributed by atoms with Gasteiger partial charge in [-0.05, 0) is 50.1 Å². The molecule has 1 saturated heterocycles. The van der Waals surface area contributed by atoms with Crippen LogP contribution in [0.4, 0.5) is 0 Å². The maximum absolute atomic E-state index is 6.14. The fraction of sp³-hybridized carbons (Fsp3) is 1.00. The third kappa shape index (κ3) is 2.59. The van der Waals surface area contributed by atoms with Gasteiger partial charge in [0, 0.05) is 13.7 Å². The standard InChI is InChI=1S/C15H30N2O/c1-4-14(2)7-9-17(10-8-14)15(11-16,12-18-3)13-5-6-13/h13H,4-12,16H2,1-3H3. The van der Waals surface area contributed by atoms with Crippen molar-refractivity contribution in [2.75, 3.05) is 33.4 Å².